The quantitative estimate of drug-likeness (QED) is 0.333. The number of fused-ring (bicyclic) bond motifs is 1. The second-order valence-corrected chi connectivity index (χ2v) is 12.1. The van der Waals surface area contributed by atoms with Crippen molar-refractivity contribution in [3.05, 3.63) is 46.5 Å². The minimum absolute atomic E-state index is 0.127. The maximum absolute atomic E-state index is 13.6. The Morgan fingerprint density at radius 2 is 1.97 bits per heavy atom. The van der Waals surface area contributed by atoms with Crippen molar-refractivity contribution in [1.82, 2.24) is 4.98 Å². The van der Waals surface area contributed by atoms with Crippen LogP contribution in [0, 0.1) is 5.41 Å². The van der Waals surface area contributed by atoms with Crippen LogP contribution in [0.15, 0.2) is 30.5 Å². The number of hydrogen-bond donors (Lipinski definition) is 3. The van der Waals surface area contributed by atoms with Gasteiger partial charge in [-0.05, 0) is 62.3 Å². The lowest BCUT2D eigenvalue weighted by Crippen LogP contribution is -2.35. The summed E-state index contributed by atoms with van der Waals surface area (Å²) >= 11 is -0.227. The summed E-state index contributed by atoms with van der Waals surface area (Å²) < 4.78 is 55.0. The monoisotopic (exact) mass is 552 g/mol. The number of hydrogen-bond acceptors (Lipinski definition) is 7. The lowest BCUT2D eigenvalue weighted by molar-refractivity contribution is -0.137. The first kappa shape index (κ1) is 26.1. The van der Waals surface area contributed by atoms with Gasteiger partial charge in [0.15, 0.2) is 0 Å². The smallest absolute Gasteiger partial charge is 0.417 e. The van der Waals surface area contributed by atoms with Gasteiger partial charge in [-0.1, -0.05) is 0 Å². The van der Waals surface area contributed by atoms with E-state index in [1.165, 1.54) is 12.8 Å². The summed E-state index contributed by atoms with van der Waals surface area (Å²) in [6.45, 7) is 2.91. The molecule has 1 saturated heterocycles. The van der Waals surface area contributed by atoms with Crippen molar-refractivity contribution in [2.24, 2.45) is 5.41 Å². The third-order valence-electron chi connectivity index (χ3n) is 7.19. The molecule has 37 heavy (non-hydrogen) atoms. The number of aliphatic hydroxyl groups excluding tert-OH is 1. The van der Waals surface area contributed by atoms with E-state index in [1.54, 1.807) is 25.1 Å². The zero-order valence-corrected chi connectivity index (χ0v) is 21.8. The number of nitrogens with one attached hydrogen (secondary N) is 2. The largest absolute Gasteiger partial charge is 0.593 e. The number of anilines is 3. The molecule has 3 N–H and O–H groups in total. The first-order valence-corrected chi connectivity index (χ1v) is 14.2. The Labute approximate surface area is 219 Å². The van der Waals surface area contributed by atoms with Crippen molar-refractivity contribution >= 4 is 55.9 Å². The number of halogens is 3. The lowest BCUT2D eigenvalue weighted by atomic mass is 9.93. The van der Waals surface area contributed by atoms with Crippen molar-refractivity contribution in [3.63, 3.8) is 0 Å². The number of piperidine rings is 1. The number of aromatic nitrogens is 1. The average molecular weight is 553 g/mol. The maximum Gasteiger partial charge on any atom is 0.417 e. The van der Waals surface area contributed by atoms with Crippen LogP contribution in [0.5, 0.6) is 0 Å². The Hall–Kier alpha value is -2.54. The first-order valence-electron chi connectivity index (χ1n) is 12.1. The molecular formula is C25H27F3N4O3S2. The molecule has 0 radical (unpaired) electrons. The number of benzene rings is 1. The van der Waals surface area contributed by atoms with Crippen LogP contribution in [-0.2, 0) is 24.1 Å². The van der Waals surface area contributed by atoms with Gasteiger partial charge in [-0.25, -0.2) is 9.71 Å². The van der Waals surface area contributed by atoms with Gasteiger partial charge in [0, 0.05) is 24.7 Å². The molecule has 12 heteroatoms. The summed E-state index contributed by atoms with van der Waals surface area (Å²) in [5.41, 5.74) is 1.26. The van der Waals surface area contributed by atoms with Crippen LogP contribution in [0.3, 0.4) is 0 Å². The summed E-state index contributed by atoms with van der Waals surface area (Å²) in [4.78, 5) is 20.2. The number of aliphatic hydroxyl groups is 1. The Kier molecular flexibility index (Phi) is 7.03. The predicted octanol–water partition coefficient (Wildman–Crippen LogP) is 5.54. The normalized spacial score (nSPS) is 17.7. The Bertz CT molecular complexity index is 1320. The zero-order chi connectivity index (χ0) is 26.4. The molecular weight excluding hydrogens is 525 g/mol. The number of nitrogens with zero attached hydrogens (tertiary/aromatic N) is 2. The molecule has 198 valence electrons. The summed E-state index contributed by atoms with van der Waals surface area (Å²) in [5.74, 6) is -0.0795. The first-order chi connectivity index (χ1) is 17.6. The molecule has 1 aliphatic carbocycles. The minimum Gasteiger partial charge on any atom is -0.593 e. The Balaban J connectivity index is 1.49. The molecule has 7 nitrogen and oxygen atoms in total. The molecule has 1 spiro atoms. The van der Waals surface area contributed by atoms with Crippen LogP contribution in [0.4, 0.5) is 30.2 Å². The average Bonchev–Trinajstić information content (AvgIpc) is 3.54. The van der Waals surface area contributed by atoms with Gasteiger partial charge in [-0.3, -0.25) is 4.79 Å². The standard InChI is InChI=1S/C25H27F3N4O3S2/c1-2-37(35)31-16-3-4-17(19(12-16)32-9-7-24(5-6-24)8-10-32)22(34)30-21-18-11-15(25(26,27)28)13-29-23(18)36-20(21)14-33/h3-4,11-13,31,33H,2,5-10,14H2,1H3,(H,30,34). The zero-order valence-electron chi connectivity index (χ0n) is 20.2. The number of pyridine rings is 1. The highest BCUT2D eigenvalue weighted by Crippen LogP contribution is 2.54. The second-order valence-electron chi connectivity index (χ2n) is 9.54. The topological polar surface area (TPSA) is 101 Å². The van der Waals surface area contributed by atoms with E-state index in [9.17, 15) is 27.6 Å². The van der Waals surface area contributed by atoms with Gasteiger partial charge >= 0.3 is 6.18 Å². The van der Waals surface area contributed by atoms with Crippen LogP contribution in [-0.4, -0.2) is 39.4 Å². The van der Waals surface area contributed by atoms with Crippen LogP contribution in [0.1, 0.15) is 53.4 Å². The number of thiophene rings is 1. The van der Waals surface area contributed by atoms with E-state index in [2.05, 4.69) is 19.9 Å². The molecule has 1 aromatic carbocycles. The van der Waals surface area contributed by atoms with Gasteiger partial charge in [-0.2, -0.15) is 13.2 Å². The van der Waals surface area contributed by atoms with Gasteiger partial charge < -0.3 is 19.9 Å². The third-order valence-corrected chi connectivity index (χ3v) is 9.27. The molecule has 3 heterocycles. The van der Waals surface area contributed by atoms with Gasteiger partial charge in [-0.15, -0.1) is 11.3 Å². The van der Waals surface area contributed by atoms with Crippen LogP contribution < -0.4 is 14.9 Å². The number of amides is 1. The van der Waals surface area contributed by atoms with Gasteiger partial charge in [0.2, 0.25) is 0 Å². The Morgan fingerprint density at radius 1 is 1.24 bits per heavy atom. The molecule has 1 atom stereocenters. The highest BCUT2D eigenvalue weighted by molar-refractivity contribution is 7.92. The van der Waals surface area contributed by atoms with Crippen LogP contribution >= 0.6 is 11.3 Å². The van der Waals surface area contributed by atoms with Crippen molar-refractivity contribution in [3.8, 4) is 0 Å². The molecule has 1 unspecified atom stereocenters. The molecule has 1 amide bonds. The van der Waals surface area contributed by atoms with E-state index in [4.69, 9.17) is 0 Å². The molecule has 1 aliphatic heterocycles. The van der Waals surface area contributed by atoms with Gasteiger partial charge in [0.05, 0.1) is 51.0 Å². The van der Waals surface area contributed by atoms with E-state index in [1.807, 2.05) is 0 Å². The predicted molar refractivity (Wildman–Crippen MR) is 140 cm³/mol. The maximum atomic E-state index is 13.6. The molecule has 2 fully saturated rings. The van der Waals surface area contributed by atoms with Gasteiger partial charge in [0.1, 0.15) is 10.6 Å². The van der Waals surface area contributed by atoms with Crippen LogP contribution in [0.2, 0.25) is 0 Å². The fourth-order valence-corrected chi connectivity index (χ4v) is 6.24. The number of carbonyl (C=O) groups is 1. The summed E-state index contributed by atoms with van der Waals surface area (Å²) in [6, 6.07) is 6.05. The molecule has 3 aromatic rings. The fraction of sp³-hybridized carbons (Fsp3) is 0.440. The summed E-state index contributed by atoms with van der Waals surface area (Å²) in [7, 11) is 0. The summed E-state index contributed by atoms with van der Waals surface area (Å²) in [6.07, 6.45) is 0.678. The Morgan fingerprint density at radius 3 is 2.59 bits per heavy atom. The van der Waals surface area contributed by atoms with Gasteiger partial charge in [0.25, 0.3) is 5.91 Å². The van der Waals surface area contributed by atoms with E-state index >= 15 is 0 Å². The van der Waals surface area contributed by atoms with E-state index in [-0.39, 0.29) is 11.1 Å². The molecule has 2 aliphatic rings. The van der Waals surface area contributed by atoms with E-state index in [0.717, 1.165) is 49.5 Å². The third kappa shape index (κ3) is 5.38. The molecule has 0 bridgehead atoms. The molecule has 2 aromatic heterocycles. The van der Waals surface area contributed by atoms with Crippen molar-refractivity contribution < 1.29 is 27.6 Å². The fourth-order valence-electron chi connectivity index (χ4n) is 4.77. The van der Waals surface area contributed by atoms with Crippen molar-refractivity contribution in [1.29, 1.82) is 0 Å². The highest BCUT2D eigenvalue weighted by Gasteiger charge is 2.44. The van der Waals surface area contributed by atoms with Crippen LogP contribution in [0.25, 0.3) is 10.2 Å². The van der Waals surface area contributed by atoms with E-state index in [0.29, 0.717) is 37.8 Å². The number of alkyl halides is 3. The summed E-state index contributed by atoms with van der Waals surface area (Å²) in [5, 5.41) is 12.7. The number of rotatable bonds is 7. The SMILES string of the molecule is CC[S+]([O-])Nc1ccc(C(=O)Nc2c(CO)sc3ncc(C(F)(F)F)cc23)c(N2CCC3(CC2)CC3)c1. The van der Waals surface area contributed by atoms with E-state index < -0.39 is 35.6 Å². The number of carbonyl (C=O) groups excluding carboxylic acids is 1. The highest BCUT2D eigenvalue weighted by atomic mass is 32.2. The lowest BCUT2D eigenvalue weighted by Gasteiger charge is -2.35. The molecule has 5 rings (SSSR count). The van der Waals surface area contributed by atoms with Crippen molar-refractivity contribution in [2.75, 3.05) is 33.8 Å². The van der Waals surface area contributed by atoms with Crippen molar-refractivity contribution in [2.45, 2.75) is 45.4 Å². The molecule has 1 saturated carbocycles. The second kappa shape index (κ2) is 9.97. The minimum atomic E-state index is -4.59.